The highest BCUT2D eigenvalue weighted by atomic mass is 16.6. The molecule has 5 nitrogen and oxygen atoms in total. The van der Waals surface area contributed by atoms with Crippen molar-refractivity contribution in [3.05, 3.63) is 0 Å². The van der Waals surface area contributed by atoms with Crippen LogP contribution in [0.5, 0.6) is 0 Å². The third kappa shape index (κ3) is 5.43. The molecule has 1 aliphatic heterocycles. The van der Waals surface area contributed by atoms with Crippen molar-refractivity contribution in [2.45, 2.75) is 71.6 Å². The summed E-state index contributed by atoms with van der Waals surface area (Å²) in [6, 6.07) is 0.465. The molecule has 0 spiro atoms. The Kier molecular flexibility index (Phi) is 5.38. The minimum atomic E-state index is -0.454. The average molecular weight is 312 g/mol. The number of morpholine rings is 1. The lowest BCUT2D eigenvalue weighted by Crippen LogP contribution is -2.52. The Morgan fingerprint density at radius 3 is 2.73 bits per heavy atom. The summed E-state index contributed by atoms with van der Waals surface area (Å²) in [5, 5.41) is 3.61. The second-order valence-electron chi connectivity index (χ2n) is 8.23. The number of hydrogen-bond acceptors (Lipinski definition) is 4. The number of nitrogens with zero attached hydrogens (tertiary/aromatic N) is 1. The Balaban J connectivity index is 1.84. The van der Waals surface area contributed by atoms with Crippen LogP contribution in [-0.4, -0.2) is 55.0 Å². The minimum absolute atomic E-state index is 0.0955. The quantitative estimate of drug-likeness (QED) is 0.848. The van der Waals surface area contributed by atoms with Gasteiger partial charge in [0.25, 0.3) is 0 Å². The molecule has 1 heterocycles. The second-order valence-corrected chi connectivity index (χ2v) is 8.23. The Morgan fingerprint density at radius 1 is 1.45 bits per heavy atom. The minimum Gasteiger partial charge on any atom is -0.444 e. The molecular formula is C17H32N2O3. The third-order valence-electron chi connectivity index (χ3n) is 4.46. The highest BCUT2D eigenvalue weighted by Crippen LogP contribution is 2.44. The largest absolute Gasteiger partial charge is 0.444 e. The molecule has 1 amide bonds. The summed E-state index contributed by atoms with van der Waals surface area (Å²) >= 11 is 0. The Hall–Kier alpha value is -0.810. The van der Waals surface area contributed by atoms with Crippen LogP contribution in [-0.2, 0) is 9.47 Å². The number of ether oxygens (including phenoxy) is 2. The predicted octanol–water partition coefficient (Wildman–Crippen LogP) is 2.79. The maximum atomic E-state index is 12.4. The summed E-state index contributed by atoms with van der Waals surface area (Å²) in [4.78, 5) is 14.2. The fourth-order valence-corrected chi connectivity index (χ4v) is 2.71. The lowest BCUT2D eigenvalue weighted by Gasteiger charge is -2.38. The van der Waals surface area contributed by atoms with E-state index in [0.29, 0.717) is 31.2 Å². The van der Waals surface area contributed by atoms with E-state index in [2.05, 4.69) is 19.2 Å². The normalized spacial score (nSPS) is 25.7. The van der Waals surface area contributed by atoms with Crippen LogP contribution in [0.2, 0.25) is 0 Å². The smallest absolute Gasteiger partial charge is 0.410 e. The van der Waals surface area contributed by atoms with Gasteiger partial charge >= 0.3 is 6.09 Å². The van der Waals surface area contributed by atoms with Crippen LogP contribution in [0, 0.1) is 5.41 Å². The van der Waals surface area contributed by atoms with Gasteiger partial charge in [0.2, 0.25) is 0 Å². The zero-order valence-electron chi connectivity index (χ0n) is 14.8. The number of nitrogens with one attached hydrogen (secondary N) is 1. The zero-order valence-corrected chi connectivity index (χ0v) is 14.8. The SMILES string of the molecule is CC(CC1COCCN1C(=O)OC(C)(C)C)NCC1(C)CC1. The topological polar surface area (TPSA) is 50.8 Å². The lowest BCUT2D eigenvalue weighted by atomic mass is 10.0. The molecule has 1 aliphatic carbocycles. The van der Waals surface area contributed by atoms with Gasteiger partial charge in [-0.2, -0.15) is 0 Å². The fraction of sp³-hybridized carbons (Fsp3) is 0.941. The van der Waals surface area contributed by atoms with Crippen molar-refractivity contribution < 1.29 is 14.3 Å². The second kappa shape index (κ2) is 6.75. The first kappa shape index (κ1) is 17.5. The Labute approximate surface area is 134 Å². The first-order chi connectivity index (χ1) is 10.2. The van der Waals surface area contributed by atoms with Gasteiger partial charge in [-0.1, -0.05) is 6.92 Å². The van der Waals surface area contributed by atoms with Gasteiger partial charge in [0.05, 0.1) is 19.3 Å². The molecule has 1 saturated heterocycles. The van der Waals surface area contributed by atoms with Crippen LogP contribution in [0.15, 0.2) is 0 Å². The van der Waals surface area contributed by atoms with Crippen LogP contribution < -0.4 is 5.32 Å². The molecule has 22 heavy (non-hydrogen) atoms. The van der Waals surface area contributed by atoms with E-state index in [1.54, 1.807) is 0 Å². The van der Waals surface area contributed by atoms with E-state index in [9.17, 15) is 4.79 Å². The summed E-state index contributed by atoms with van der Waals surface area (Å²) in [7, 11) is 0. The van der Waals surface area contributed by atoms with Crippen molar-refractivity contribution in [2.24, 2.45) is 5.41 Å². The van der Waals surface area contributed by atoms with E-state index in [1.165, 1.54) is 12.8 Å². The number of carbonyl (C=O) groups excluding carboxylic acids is 1. The van der Waals surface area contributed by atoms with E-state index >= 15 is 0 Å². The first-order valence-electron chi connectivity index (χ1n) is 8.49. The molecule has 1 saturated carbocycles. The van der Waals surface area contributed by atoms with Crippen molar-refractivity contribution in [2.75, 3.05) is 26.3 Å². The van der Waals surface area contributed by atoms with Crippen LogP contribution in [0.3, 0.4) is 0 Å². The summed E-state index contributed by atoms with van der Waals surface area (Å²) in [6.45, 7) is 13.1. The van der Waals surface area contributed by atoms with Crippen molar-refractivity contribution in [1.82, 2.24) is 10.2 Å². The molecule has 2 aliphatic rings. The molecule has 0 aromatic rings. The van der Waals surface area contributed by atoms with Crippen molar-refractivity contribution >= 4 is 6.09 Å². The summed E-state index contributed by atoms with van der Waals surface area (Å²) in [6.07, 6.45) is 3.32. The van der Waals surface area contributed by atoms with Gasteiger partial charge in [0.15, 0.2) is 0 Å². The van der Waals surface area contributed by atoms with Gasteiger partial charge in [-0.25, -0.2) is 4.79 Å². The molecular weight excluding hydrogens is 280 g/mol. The van der Waals surface area contributed by atoms with E-state index in [-0.39, 0.29) is 12.1 Å². The van der Waals surface area contributed by atoms with Gasteiger partial charge in [-0.3, -0.25) is 0 Å². The maximum absolute atomic E-state index is 12.4. The number of hydrogen-bond donors (Lipinski definition) is 1. The Bertz CT molecular complexity index is 388. The van der Waals surface area contributed by atoms with Crippen molar-refractivity contribution in [3.63, 3.8) is 0 Å². The van der Waals surface area contributed by atoms with Gasteiger partial charge < -0.3 is 19.7 Å². The molecule has 2 unspecified atom stereocenters. The summed E-state index contributed by atoms with van der Waals surface area (Å²) in [5.41, 5.74) is 0.0482. The van der Waals surface area contributed by atoms with Gasteiger partial charge in [0.1, 0.15) is 5.60 Å². The molecule has 128 valence electrons. The highest BCUT2D eigenvalue weighted by molar-refractivity contribution is 5.68. The van der Waals surface area contributed by atoms with Crippen molar-refractivity contribution in [3.8, 4) is 0 Å². The van der Waals surface area contributed by atoms with Gasteiger partial charge in [-0.15, -0.1) is 0 Å². The molecule has 2 fully saturated rings. The van der Waals surface area contributed by atoms with Gasteiger partial charge in [0, 0.05) is 19.1 Å². The average Bonchev–Trinajstić information content (AvgIpc) is 3.14. The molecule has 5 heteroatoms. The summed E-state index contributed by atoms with van der Waals surface area (Å²) < 4.78 is 11.1. The number of carbonyl (C=O) groups is 1. The van der Waals surface area contributed by atoms with Crippen LogP contribution >= 0.6 is 0 Å². The maximum Gasteiger partial charge on any atom is 0.410 e. The molecule has 0 bridgehead atoms. The predicted molar refractivity (Wildman–Crippen MR) is 87.0 cm³/mol. The number of rotatable bonds is 5. The van der Waals surface area contributed by atoms with E-state index in [4.69, 9.17) is 9.47 Å². The molecule has 2 atom stereocenters. The monoisotopic (exact) mass is 312 g/mol. The highest BCUT2D eigenvalue weighted by Gasteiger charge is 2.37. The molecule has 0 aromatic carbocycles. The molecule has 1 N–H and O–H groups in total. The fourth-order valence-electron chi connectivity index (χ4n) is 2.71. The molecule has 0 aromatic heterocycles. The van der Waals surface area contributed by atoms with Crippen LogP contribution in [0.25, 0.3) is 0 Å². The van der Waals surface area contributed by atoms with Crippen LogP contribution in [0.1, 0.15) is 53.9 Å². The van der Waals surface area contributed by atoms with E-state index in [1.807, 2.05) is 25.7 Å². The zero-order chi connectivity index (χ0) is 16.4. The lowest BCUT2D eigenvalue weighted by molar-refractivity contribution is -0.0356. The van der Waals surface area contributed by atoms with E-state index < -0.39 is 5.60 Å². The standard InChI is InChI=1S/C17H32N2O3/c1-13(18-12-17(5)6-7-17)10-14-11-21-9-8-19(14)15(20)22-16(2,3)4/h13-14,18H,6-12H2,1-5H3. The molecule has 0 radical (unpaired) electrons. The first-order valence-corrected chi connectivity index (χ1v) is 8.49. The van der Waals surface area contributed by atoms with Gasteiger partial charge in [-0.05, 0) is 52.4 Å². The molecule has 2 rings (SSSR count). The number of amides is 1. The van der Waals surface area contributed by atoms with Crippen LogP contribution in [0.4, 0.5) is 4.79 Å². The third-order valence-corrected chi connectivity index (χ3v) is 4.46. The Morgan fingerprint density at radius 2 is 2.14 bits per heavy atom. The summed E-state index contributed by atoms with van der Waals surface area (Å²) in [5.74, 6) is 0. The van der Waals surface area contributed by atoms with E-state index in [0.717, 1.165) is 13.0 Å². The van der Waals surface area contributed by atoms with Crippen molar-refractivity contribution in [1.29, 1.82) is 0 Å².